The van der Waals surface area contributed by atoms with E-state index in [0.717, 1.165) is 23.4 Å². The van der Waals surface area contributed by atoms with Gasteiger partial charge in [-0.15, -0.1) is 24.0 Å². The van der Waals surface area contributed by atoms with E-state index in [1.807, 2.05) is 56.3 Å². The Morgan fingerprint density at radius 3 is 2.62 bits per heavy atom. The predicted octanol–water partition coefficient (Wildman–Crippen LogP) is 4.36. The molecule has 29 heavy (non-hydrogen) atoms. The SMILES string of the molecule is CCNC(=NCc1ccccc1OC)NCCC(=O)Nc1ccc(C)cc1Cl.I. The van der Waals surface area contributed by atoms with Crippen molar-refractivity contribution in [3.63, 3.8) is 0 Å². The minimum atomic E-state index is -0.112. The molecule has 0 aromatic heterocycles. The Bertz CT molecular complexity index is 830. The van der Waals surface area contributed by atoms with Crippen molar-refractivity contribution in [2.45, 2.75) is 26.8 Å². The second kappa shape index (κ2) is 13.3. The highest BCUT2D eigenvalue weighted by molar-refractivity contribution is 14.0. The molecule has 0 fully saturated rings. The van der Waals surface area contributed by atoms with Crippen LogP contribution in [0.5, 0.6) is 5.75 Å². The van der Waals surface area contributed by atoms with Gasteiger partial charge < -0.3 is 20.7 Å². The third-order valence-electron chi connectivity index (χ3n) is 3.99. The molecule has 6 nitrogen and oxygen atoms in total. The number of benzene rings is 2. The molecular formula is C21H28ClIN4O2. The van der Waals surface area contributed by atoms with Crippen molar-refractivity contribution in [3.8, 4) is 5.75 Å². The average Bonchev–Trinajstić information content (AvgIpc) is 2.68. The normalized spacial score (nSPS) is 10.7. The Hall–Kier alpha value is -2.00. The minimum Gasteiger partial charge on any atom is -0.496 e. The van der Waals surface area contributed by atoms with Crippen LogP contribution in [0, 0.1) is 6.92 Å². The Balaban J connectivity index is 0.00000420. The first-order chi connectivity index (χ1) is 13.5. The lowest BCUT2D eigenvalue weighted by Crippen LogP contribution is -2.38. The number of halogens is 2. The molecule has 0 saturated heterocycles. The number of para-hydroxylation sites is 1. The summed E-state index contributed by atoms with van der Waals surface area (Å²) in [5, 5.41) is 9.71. The maximum Gasteiger partial charge on any atom is 0.226 e. The summed E-state index contributed by atoms with van der Waals surface area (Å²) in [6.07, 6.45) is 0.295. The van der Waals surface area contributed by atoms with Crippen LogP contribution in [-0.4, -0.2) is 32.1 Å². The van der Waals surface area contributed by atoms with Gasteiger partial charge in [0.25, 0.3) is 0 Å². The number of guanidine groups is 1. The van der Waals surface area contributed by atoms with E-state index in [2.05, 4.69) is 20.9 Å². The van der Waals surface area contributed by atoms with Crippen LogP contribution in [-0.2, 0) is 11.3 Å². The van der Waals surface area contributed by atoms with Crippen molar-refractivity contribution in [3.05, 3.63) is 58.6 Å². The molecule has 0 aliphatic heterocycles. The summed E-state index contributed by atoms with van der Waals surface area (Å²) in [5.41, 5.74) is 2.66. The average molecular weight is 531 g/mol. The molecule has 2 aromatic rings. The van der Waals surface area contributed by atoms with E-state index in [4.69, 9.17) is 16.3 Å². The summed E-state index contributed by atoms with van der Waals surface area (Å²) in [4.78, 5) is 16.7. The van der Waals surface area contributed by atoms with E-state index in [1.165, 1.54) is 0 Å². The molecule has 0 radical (unpaired) electrons. The molecule has 0 saturated carbocycles. The third kappa shape index (κ3) is 8.49. The number of nitrogens with zero attached hydrogens (tertiary/aromatic N) is 1. The van der Waals surface area contributed by atoms with Crippen LogP contribution in [0.25, 0.3) is 0 Å². The number of ether oxygens (including phenoxy) is 1. The summed E-state index contributed by atoms with van der Waals surface area (Å²) >= 11 is 6.15. The Morgan fingerprint density at radius 1 is 1.17 bits per heavy atom. The number of hydrogen-bond donors (Lipinski definition) is 3. The van der Waals surface area contributed by atoms with Crippen LogP contribution in [0.2, 0.25) is 5.02 Å². The third-order valence-corrected chi connectivity index (χ3v) is 4.30. The van der Waals surface area contributed by atoms with Gasteiger partial charge >= 0.3 is 0 Å². The van der Waals surface area contributed by atoms with E-state index in [1.54, 1.807) is 7.11 Å². The van der Waals surface area contributed by atoms with Gasteiger partial charge in [-0.05, 0) is 37.6 Å². The van der Waals surface area contributed by atoms with Gasteiger partial charge in [-0.25, -0.2) is 4.99 Å². The van der Waals surface area contributed by atoms with E-state index in [9.17, 15) is 4.79 Å². The zero-order chi connectivity index (χ0) is 20.4. The van der Waals surface area contributed by atoms with Gasteiger partial charge in [0.15, 0.2) is 5.96 Å². The number of aryl methyl sites for hydroxylation is 1. The van der Waals surface area contributed by atoms with Crippen molar-refractivity contribution < 1.29 is 9.53 Å². The Labute approximate surface area is 194 Å². The van der Waals surface area contributed by atoms with Crippen molar-refractivity contribution in [1.82, 2.24) is 10.6 Å². The first kappa shape index (κ1) is 25.0. The van der Waals surface area contributed by atoms with Gasteiger partial charge in [0.05, 0.1) is 24.4 Å². The van der Waals surface area contributed by atoms with E-state index < -0.39 is 0 Å². The fourth-order valence-electron chi connectivity index (χ4n) is 2.57. The number of hydrogen-bond acceptors (Lipinski definition) is 3. The summed E-state index contributed by atoms with van der Waals surface area (Å²) in [5.74, 6) is 1.34. The van der Waals surface area contributed by atoms with Crippen LogP contribution in [0.3, 0.4) is 0 Å². The smallest absolute Gasteiger partial charge is 0.226 e. The van der Waals surface area contributed by atoms with E-state index in [0.29, 0.717) is 36.2 Å². The highest BCUT2D eigenvalue weighted by atomic mass is 127. The number of nitrogens with one attached hydrogen (secondary N) is 3. The monoisotopic (exact) mass is 530 g/mol. The van der Waals surface area contributed by atoms with Gasteiger partial charge in [0.1, 0.15) is 5.75 Å². The molecule has 0 bridgehead atoms. The van der Waals surface area contributed by atoms with Crippen LogP contribution in [0.15, 0.2) is 47.5 Å². The number of methoxy groups -OCH3 is 1. The number of rotatable bonds is 8. The topological polar surface area (TPSA) is 74.8 Å². The quantitative estimate of drug-likeness (QED) is 0.269. The molecule has 0 spiro atoms. The van der Waals surface area contributed by atoms with Gasteiger partial charge in [-0.3, -0.25) is 4.79 Å². The highest BCUT2D eigenvalue weighted by Gasteiger charge is 2.07. The molecule has 0 aliphatic carbocycles. The molecule has 1 amide bonds. The second-order valence-corrected chi connectivity index (χ2v) is 6.62. The lowest BCUT2D eigenvalue weighted by atomic mass is 10.2. The van der Waals surface area contributed by atoms with Gasteiger partial charge in [0.2, 0.25) is 5.91 Å². The Kier molecular flexibility index (Phi) is 11.5. The summed E-state index contributed by atoms with van der Waals surface area (Å²) in [6, 6.07) is 13.3. The lowest BCUT2D eigenvalue weighted by Gasteiger charge is -2.12. The van der Waals surface area contributed by atoms with Gasteiger partial charge in [0, 0.05) is 25.1 Å². The Morgan fingerprint density at radius 2 is 1.93 bits per heavy atom. The molecule has 0 atom stereocenters. The predicted molar refractivity (Wildman–Crippen MR) is 131 cm³/mol. The molecule has 0 aliphatic rings. The second-order valence-electron chi connectivity index (χ2n) is 6.22. The summed E-state index contributed by atoms with van der Waals surface area (Å²) < 4.78 is 5.35. The van der Waals surface area contributed by atoms with Crippen LogP contribution >= 0.6 is 35.6 Å². The molecule has 158 valence electrons. The first-order valence-electron chi connectivity index (χ1n) is 9.23. The van der Waals surface area contributed by atoms with Gasteiger partial charge in [-0.1, -0.05) is 35.9 Å². The molecule has 3 N–H and O–H groups in total. The zero-order valence-electron chi connectivity index (χ0n) is 16.9. The number of aliphatic imine (C=N–C) groups is 1. The van der Waals surface area contributed by atoms with Crippen LogP contribution in [0.1, 0.15) is 24.5 Å². The maximum atomic E-state index is 12.2. The largest absolute Gasteiger partial charge is 0.496 e. The van der Waals surface area contributed by atoms with Gasteiger partial charge in [-0.2, -0.15) is 0 Å². The van der Waals surface area contributed by atoms with Crippen molar-refractivity contribution in [1.29, 1.82) is 0 Å². The van der Waals surface area contributed by atoms with E-state index >= 15 is 0 Å². The zero-order valence-corrected chi connectivity index (χ0v) is 20.0. The molecule has 0 unspecified atom stereocenters. The standard InChI is InChI=1S/C21H27ClN4O2.HI/c1-4-23-21(25-14-16-7-5-6-8-19(16)28-3)24-12-11-20(27)26-18-10-9-15(2)13-17(18)22;/h5-10,13H,4,11-12,14H2,1-3H3,(H,26,27)(H2,23,24,25);1H. The van der Waals surface area contributed by atoms with E-state index in [-0.39, 0.29) is 29.9 Å². The summed E-state index contributed by atoms with van der Waals surface area (Å²) in [6.45, 7) is 5.60. The summed E-state index contributed by atoms with van der Waals surface area (Å²) in [7, 11) is 1.64. The first-order valence-corrected chi connectivity index (χ1v) is 9.61. The fraction of sp³-hybridized carbons (Fsp3) is 0.333. The number of carbonyl (C=O) groups is 1. The van der Waals surface area contributed by atoms with Crippen molar-refractivity contribution >= 4 is 53.1 Å². The van der Waals surface area contributed by atoms with Crippen molar-refractivity contribution in [2.24, 2.45) is 4.99 Å². The molecular weight excluding hydrogens is 503 g/mol. The number of amides is 1. The minimum absolute atomic E-state index is 0. The molecule has 2 rings (SSSR count). The molecule has 0 heterocycles. The molecule has 2 aromatic carbocycles. The highest BCUT2D eigenvalue weighted by Crippen LogP contribution is 2.22. The number of anilines is 1. The van der Waals surface area contributed by atoms with Crippen LogP contribution in [0.4, 0.5) is 5.69 Å². The van der Waals surface area contributed by atoms with Crippen LogP contribution < -0.4 is 20.7 Å². The number of carbonyl (C=O) groups excluding carboxylic acids is 1. The fourth-order valence-corrected chi connectivity index (χ4v) is 2.85. The lowest BCUT2D eigenvalue weighted by molar-refractivity contribution is -0.116. The van der Waals surface area contributed by atoms with Crippen molar-refractivity contribution in [2.75, 3.05) is 25.5 Å². The maximum absolute atomic E-state index is 12.2. The molecule has 8 heteroatoms.